The fraction of sp³-hybridized carbons (Fsp3) is 0.471. The molecule has 1 aliphatic rings. The molecule has 0 unspecified atom stereocenters. The molecule has 0 radical (unpaired) electrons. The molecule has 0 spiro atoms. The number of rotatable bonds is 5. The van der Waals surface area contributed by atoms with Gasteiger partial charge in [-0.2, -0.15) is 5.26 Å². The summed E-state index contributed by atoms with van der Waals surface area (Å²) in [4.78, 5) is 24.4. The molecule has 1 amide bonds. The first-order valence-corrected chi connectivity index (χ1v) is 7.97. The zero-order chi connectivity index (χ0) is 15.9. The van der Waals surface area contributed by atoms with Crippen LogP contribution in [0.15, 0.2) is 24.3 Å². The highest BCUT2D eigenvalue weighted by atomic mass is 35.5. The summed E-state index contributed by atoms with van der Waals surface area (Å²) in [6.45, 7) is 0. The highest BCUT2D eigenvalue weighted by molar-refractivity contribution is 6.33. The first-order chi connectivity index (χ1) is 10.6. The molecule has 5 heteroatoms. The van der Waals surface area contributed by atoms with E-state index in [1.54, 1.807) is 24.3 Å². The lowest BCUT2D eigenvalue weighted by Gasteiger charge is -2.21. The largest absolute Gasteiger partial charge is 0.323 e. The van der Waals surface area contributed by atoms with E-state index in [0.29, 0.717) is 23.0 Å². The van der Waals surface area contributed by atoms with Crippen LogP contribution < -0.4 is 5.32 Å². The maximum absolute atomic E-state index is 12.2. The lowest BCUT2D eigenvalue weighted by Crippen LogP contribution is -2.30. The van der Waals surface area contributed by atoms with Crippen LogP contribution in [0.3, 0.4) is 0 Å². The lowest BCUT2D eigenvalue weighted by molar-refractivity contribution is -0.129. The molecular formula is C17H19ClN2O2. The zero-order valence-corrected chi connectivity index (χ0v) is 13.1. The minimum absolute atomic E-state index is 0.293. The molecule has 0 aromatic heterocycles. The smallest absolute Gasteiger partial charge is 0.249 e. The maximum atomic E-state index is 12.2. The Hall–Kier alpha value is -1.86. The fourth-order valence-electron chi connectivity index (χ4n) is 2.84. The van der Waals surface area contributed by atoms with Crippen LogP contribution in [0.2, 0.25) is 5.02 Å². The number of benzene rings is 1. The molecule has 0 heterocycles. The highest BCUT2D eigenvalue weighted by Crippen LogP contribution is 2.28. The van der Waals surface area contributed by atoms with Gasteiger partial charge in [-0.15, -0.1) is 0 Å². The van der Waals surface area contributed by atoms with Gasteiger partial charge >= 0.3 is 0 Å². The Balaban J connectivity index is 1.98. The third-order valence-corrected chi connectivity index (χ3v) is 4.39. The molecule has 4 nitrogen and oxygen atoms in total. The zero-order valence-electron chi connectivity index (χ0n) is 12.3. The van der Waals surface area contributed by atoms with Gasteiger partial charge in [0.1, 0.15) is 0 Å². The van der Waals surface area contributed by atoms with Gasteiger partial charge in [0.05, 0.1) is 16.8 Å². The number of hydrogen-bond acceptors (Lipinski definition) is 3. The number of nitrogens with zero attached hydrogens (tertiary/aromatic N) is 1. The minimum atomic E-state index is -1.27. The number of anilines is 1. The molecule has 116 valence electrons. The van der Waals surface area contributed by atoms with Crippen molar-refractivity contribution in [1.82, 2.24) is 0 Å². The average Bonchev–Trinajstić information content (AvgIpc) is 2.51. The van der Waals surface area contributed by atoms with Crippen molar-refractivity contribution in [2.45, 2.75) is 38.5 Å². The van der Waals surface area contributed by atoms with Crippen molar-refractivity contribution < 1.29 is 9.59 Å². The molecule has 1 saturated carbocycles. The fourth-order valence-corrected chi connectivity index (χ4v) is 3.02. The molecule has 1 aromatic carbocycles. The van der Waals surface area contributed by atoms with Gasteiger partial charge in [-0.25, -0.2) is 0 Å². The number of Topliss-reactive ketones (excluding diaryl/α,β-unsaturated/α-hetero) is 1. The van der Waals surface area contributed by atoms with Crippen LogP contribution in [0, 0.1) is 23.2 Å². The molecule has 1 aliphatic carbocycles. The Morgan fingerprint density at radius 3 is 2.59 bits per heavy atom. The average molecular weight is 319 g/mol. The number of ketones is 1. The minimum Gasteiger partial charge on any atom is -0.323 e. The van der Waals surface area contributed by atoms with Gasteiger partial charge in [-0.3, -0.25) is 9.59 Å². The van der Waals surface area contributed by atoms with Crippen molar-refractivity contribution in [1.29, 1.82) is 5.26 Å². The number of amides is 1. The van der Waals surface area contributed by atoms with Crippen LogP contribution >= 0.6 is 11.6 Å². The summed E-state index contributed by atoms with van der Waals surface area (Å²) in [5, 5.41) is 12.1. The third-order valence-electron chi connectivity index (χ3n) is 4.06. The summed E-state index contributed by atoms with van der Waals surface area (Å²) in [5.74, 6) is -1.85. The van der Waals surface area contributed by atoms with Crippen LogP contribution in [0.25, 0.3) is 0 Å². The Morgan fingerprint density at radius 2 is 1.95 bits per heavy atom. The van der Waals surface area contributed by atoms with Crippen LogP contribution in [-0.2, 0) is 9.59 Å². The van der Waals surface area contributed by atoms with Gasteiger partial charge in [0, 0.05) is 6.42 Å². The van der Waals surface area contributed by atoms with Gasteiger partial charge < -0.3 is 5.32 Å². The second-order valence-corrected chi connectivity index (χ2v) is 6.11. The normalized spacial score (nSPS) is 16.5. The third kappa shape index (κ3) is 4.32. The second kappa shape index (κ2) is 7.95. The number of nitrogens with one attached hydrogen (secondary N) is 1. The van der Waals surface area contributed by atoms with E-state index in [4.69, 9.17) is 11.6 Å². The first kappa shape index (κ1) is 16.5. The van der Waals surface area contributed by atoms with Crippen LogP contribution in [0.4, 0.5) is 5.69 Å². The summed E-state index contributed by atoms with van der Waals surface area (Å²) in [5.41, 5.74) is 0.417. The molecule has 22 heavy (non-hydrogen) atoms. The van der Waals surface area contributed by atoms with Crippen molar-refractivity contribution in [2.75, 3.05) is 5.32 Å². The monoisotopic (exact) mass is 318 g/mol. The number of carbonyl (C=O) groups is 2. The predicted molar refractivity (Wildman–Crippen MR) is 85.4 cm³/mol. The van der Waals surface area contributed by atoms with E-state index < -0.39 is 11.8 Å². The van der Waals surface area contributed by atoms with Gasteiger partial charge in [-0.1, -0.05) is 55.8 Å². The van der Waals surface area contributed by atoms with E-state index in [1.807, 2.05) is 6.07 Å². The van der Waals surface area contributed by atoms with E-state index in [1.165, 1.54) is 6.42 Å². The number of para-hydroxylation sites is 1. The van der Waals surface area contributed by atoms with Crippen molar-refractivity contribution >= 4 is 29.0 Å². The topological polar surface area (TPSA) is 70.0 Å². The van der Waals surface area contributed by atoms with Gasteiger partial charge in [0.15, 0.2) is 11.7 Å². The van der Waals surface area contributed by atoms with E-state index in [0.717, 1.165) is 25.7 Å². The summed E-state index contributed by atoms with van der Waals surface area (Å²) in [7, 11) is 0. The molecule has 1 fully saturated rings. The Bertz CT molecular complexity index is 589. The summed E-state index contributed by atoms with van der Waals surface area (Å²) < 4.78 is 0. The molecule has 0 aliphatic heterocycles. The van der Waals surface area contributed by atoms with Crippen molar-refractivity contribution in [3.63, 3.8) is 0 Å². The number of hydrogen-bond donors (Lipinski definition) is 1. The molecule has 1 N–H and O–H groups in total. The van der Waals surface area contributed by atoms with E-state index in [-0.39, 0.29) is 5.78 Å². The second-order valence-electron chi connectivity index (χ2n) is 5.71. The van der Waals surface area contributed by atoms with E-state index in [9.17, 15) is 14.9 Å². The first-order valence-electron chi connectivity index (χ1n) is 7.59. The molecule has 0 saturated heterocycles. The standard InChI is InChI=1S/C17H19ClN2O2/c18-14-8-4-5-9-15(14)20-17(22)13(11-19)16(21)10-12-6-2-1-3-7-12/h4-5,8-9,12-13H,1-3,6-7,10H2,(H,20,22)/t13-/m1/s1. The highest BCUT2D eigenvalue weighted by Gasteiger charge is 2.29. The number of carbonyl (C=O) groups excluding carboxylic acids is 2. The SMILES string of the molecule is N#C[C@H](C(=O)CC1CCCCC1)C(=O)Nc1ccccc1Cl. The molecule has 1 atom stereocenters. The number of nitriles is 1. The lowest BCUT2D eigenvalue weighted by atomic mass is 9.83. The van der Waals surface area contributed by atoms with Gasteiger partial charge in [0.25, 0.3) is 0 Å². The molecule has 2 rings (SSSR count). The maximum Gasteiger partial charge on any atom is 0.249 e. The molecular weight excluding hydrogens is 300 g/mol. The Morgan fingerprint density at radius 1 is 1.27 bits per heavy atom. The molecule has 1 aromatic rings. The predicted octanol–water partition coefficient (Wildman–Crippen LogP) is 3.96. The van der Waals surface area contributed by atoms with Crippen molar-refractivity contribution in [3.05, 3.63) is 29.3 Å². The molecule has 0 bridgehead atoms. The summed E-state index contributed by atoms with van der Waals surface area (Å²) in [6.07, 6.45) is 5.79. The summed E-state index contributed by atoms with van der Waals surface area (Å²) >= 11 is 5.97. The van der Waals surface area contributed by atoms with Gasteiger partial charge in [0.2, 0.25) is 5.91 Å². The quantitative estimate of drug-likeness (QED) is 0.835. The Kier molecular flexibility index (Phi) is 5.97. The van der Waals surface area contributed by atoms with Crippen LogP contribution in [0.5, 0.6) is 0 Å². The summed E-state index contributed by atoms with van der Waals surface area (Å²) in [6, 6.07) is 8.58. The Labute approximate surface area is 135 Å². The van der Waals surface area contributed by atoms with Crippen LogP contribution in [-0.4, -0.2) is 11.7 Å². The van der Waals surface area contributed by atoms with E-state index >= 15 is 0 Å². The van der Waals surface area contributed by atoms with Gasteiger partial charge in [-0.05, 0) is 18.1 Å². The van der Waals surface area contributed by atoms with E-state index in [2.05, 4.69) is 5.32 Å². The van der Waals surface area contributed by atoms with Crippen LogP contribution in [0.1, 0.15) is 38.5 Å². The number of halogens is 1. The van der Waals surface area contributed by atoms with Crippen molar-refractivity contribution in [3.8, 4) is 6.07 Å². The van der Waals surface area contributed by atoms with Crippen molar-refractivity contribution in [2.24, 2.45) is 11.8 Å².